The van der Waals surface area contributed by atoms with Gasteiger partial charge in [0.15, 0.2) is 4.96 Å². The monoisotopic (exact) mass is 386 g/mol. The number of carbonyl (C=O) groups is 2. The van der Waals surface area contributed by atoms with Gasteiger partial charge in [-0.1, -0.05) is 12.1 Å². The van der Waals surface area contributed by atoms with Gasteiger partial charge in [0.2, 0.25) is 5.91 Å². The first-order chi connectivity index (χ1) is 13.0. The van der Waals surface area contributed by atoms with Crippen LogP contribution in [0.1, 0.15) is 24.3 Å². The number of fused-ring (bicyclic) bond motifs is 1. The highest BCUT2D eigenvalue weighted by molar-refractivity contribution is 7.15. The number of rotatable bonds is 3. The van der Waals surface area contributed by atoms with E-state index in [1.807, 2.05) is 6.92 Å². The Hall–Kier alpha value is -2.74. The van der Waals surface area contributed by atoms with E-state index in [9.17, 15) is 14.0 Å². The molecule has 0 radical (unpaired) electrons. The number of carbonyl (C=O) groups excluding carboxylic acids is 2. The smallest absolute Gasteiger partial charge is 0.272 e. The molecule has 1 atom stereocenters. The predicted molar refractivity (Wildman–Crippen MR) is 101 cm³/mol. The molecule has 2 aromatic heterocycles. The summed E-state index contributed by atoms with van der Waals surface area (Å²) < 4.78 is 15.7. The summed E-state index contributed by atoms with van der Waals surface area (Å²) in [5.74, 6) is -0.609. The van der Waals surface area contributed by atoms with Crippen molar-refractivity contribution in [2.75, 3.05) is 19.6 Å². The fourth-order valence-corrected chi connectivity index (χ4v) is 4.25. The second-order valence-corrected chi connectivity index (χ2v) is 7.31. The van der Waals surface area contributed by atoms with Gasteiger partial charge in [-0.3, -0.25) is 14.0 Å². The van der Waals surface area contributed by atoms with Crippen LogP contribution in [0.5, 0.6) is 0 Å². The molecule has 1 aliphatic rings. The number of halogens is 1. The van der Waals surface area contributed by atoms with Gasteiger partial charge < -0.3 is 9.80 Å². The van der Waals surface area contributed by atoms with Crippen molar-refractivity contribution in [2.24, 2.45) is 0 Å². The molecule has 2 amide bonds. The van der Waals surface area contributed by atoms with E-state index in [-0.39, 0.29) is 17.6 Å². The molecule has 0 aliphatic carbocycles. The average Bonchev–Trinajstić information content (AvgIpc) is 3.24. The molecule has 0 N–H and O–H groups in total. The maximum Gasteiger partial charge on any atom is 0.272 e. The first-order valence-electron chi connectivity index (χ1n) is 8.82. The van der Waals surface area contributed by atoms with E-state index in [2.05, 4.69) is 4.98 Å². The van der Waals surface area contributed by atoms with Gasteiger partial charge in [0, 0.05) is 36.8 Å². The van der Waals surface area contributed by atoms with Crippen LogP contribution in [-0.4, -0.2) is 56.7 Å². The highest BCUT2D eigenvalue weighted by atomic mass is 32.1. The van der Waals surface area contributed by atoms with Crippen LogP contribution in [0.15, 0.2) is 35.8 Å². The van der Waals surface area contributed by atoms with Crippen molar-refractivity contribution < 1.29 is 14.0 Å². The van der Waals surface area contributed by atoms with E-state index < -0.39 is 6.04 Å². The lowest BCUT2D eigenvalue weighted by Gasteiger charge is -2.38. The Kier molecular flexibility index (Phi) is 4.43. The van der Waals surface area contributed by atoms with E-state index in [4.69, 9.17) is 0 Å². The number of hydrogen-bond acceptors (Lipinski definition) is 4. The Morgan fingerprint density at radius 1 is 1.33 bits per heavy atom. The molecule has 27 heavy (non-hydrogen) atoms. The van der Waals surface area contributed by atoms with Crippen LogP contribution in [0, 0.1) is 5.82 Å². The van der Waals surface area contributed by atoms with Crippen molar-refractivity contribution in [1.29, 1.82) is 0 Å². The minimum Gasteiger partial charge on any atom is -0.339 e. The van der Waals surface area contributed by atoms with E-state index in [1.165, 1.54) is 17.4 Å². The highest BCUT2D eigenvalue weighted by Crippen LogP contribution is 2.26. The standard InChI is InChI=1S/C19H19FN4O2S/c1-3-22-8-9-23(12(2)17(22)25)18(26)16-11-27-19-21-15(10-24(16)19)13-6-4-5-7-14(13)20/h4-7,10-12H,3,8-9H2,1-2H3/t12-/m0/s1. The van der Waals surface area contributed by atoms with Crippen LogP contribution >= 0.6 is 11.3 Å². The lowest BCUT2D eigenvalue weighted by atomic mass is 10.1. The molecule has 1 aromatic carbocycles. The lowest BCUT2D eigenvalue weighted by molar-refractivity contribution is -0.139. The SMILES string of the molecule is CCN1CCN(C(=O)c2csc3nc(-c4ccccc4F)cn23)[C@@H](C)C1=O. The van der Waals surface area contributed by atoms with Crippen molar-refractivity contribution in [3.63, 3.8) is 0 Å². The maximum atomic E-state index is 14.1. The number of piperazine rings is 1. The predicted octanol–water partition coefficient (Wildman–Crippen LogP) is 2.89. The lowest BCUT2D eigenvalue weighted by Crippen LogP contribution is -2.57. The first-order valence-corrected chi connectivity index (χ1v) is 9.70. The molecular weight excluding hydrogens is 367 g/mol. The zero-order valence-electron chi connectivity index (χ0n) is 15.1. The summed E-state index contributed by atoms with van der Waals surface area (Å²) >= 11 is 1.32. The maximum absolute atomic E-state index is 14.1. The second-order valence-electron chi connectivity index (χ2n) is 6.47. The summed E-state index contributed by atoms with van der Waals surface area (Å²) in [6, 6.07) is 5.91. The summed E-state index contributed by atoms with van der Waals surface area (Å²) in [4.78, 5) is 33.9. The van der Waals surface area contributed by atoms with Gasteiger partial charge in [-0.05, 0) is 26.0 Å². The molecule has 0 spiro atoms. The molecule has 1 fully saturated rings. The van der Waals surface area contributed by atoms with Crippen molar-refractivity contribution >= 4 is 28.1 Å². The quantitative estimate of drug-likeness (QED) is 0.696. The van der Waals surface area contributed by atoms with Crippen LogP contribution in [0.3, 0.4) is 0 Å². The van der Waals surface area contributed by atoms with E-state index >= 15 is 0 Å². The molecule has 1 aliphatic heterocycles. The van der Waals surface area contributed by atoms with Crippen molar-refractivity contribution in [1.82, 2.24) is 19.2 Å². The molecular formula is C19H19FN4O2S. The molecule has 6 nitrogen and oxygen atoms in total. The van der Waals surface area contributed by atoms with Crippen LogP contribution < -0.4 is 0 Å². The number of imidazole rings is 1. The number of thiazole rings is 1. The summed E-state index contributed by atoms with van der Waals surface area (Å²) in [7, 11) is 0. The number of aromatic nitrogens is 2. The minimum atomic E-state index is -0.504. The zero-order valence-corrected chi connectivity index (χ0v) is 15.9. The number of amides is 2. The van der Waals surface area contributed by atoms with E-state index in [1.54, 1.807) is 50.9 Å². The van der Waals surface area contributed by atoms with Gasteiger partial charge in [0.1, 0.15) is 17.6 Å². The van der Waals surface area contributed by atoms with Gasteiger partial charge in [-0.15, -0.1) is 11.3 Å². The molecule has 0 saturated carbocycles. The average molecular weight is 386 g/mol. The molecule has 0 unspecified atom stereocenters. The Balaban J connectivity index is 1.67. The summed E-state index contributed by atoms with van der Waals surface area (Å²) in [6.07, 6.45) is 1.67. The van der Waals surface area contributed by atoms with Gasteiger partial charge in [-0.2, -0.15) is 0 Å². The van der Waals surface area contributed by atoms with Gasteiger partial charge in [0.05, 0.1) is 5.69 Å². The molecule has 140 valence electrons. The minimum absolute atomic E-state index is 0.0405. The topological polar surface area (TPSA) is 57.9 Å². The second kappa shape index (κ2) is 6.77. The van der Waals surface area contributed by atoms with Crippen molar-refractivity contribution in [2.45, 2.75) is 19.9 Å². The fourth-order valence-electron chi connectivity index (χ4n) is 3.40. The Morgan fingerprint density at radius 3 is 2.85 bits per heavy atom. The normalized spacial score (nSPS) is 17.7. The first kappa shape index (κ1) is 17.7. The third-order valence-corrected chi connectivity index (χ3v) is 5.81. The third-order valence-electron chi connectivity index (χ3n) is 4.97. The largest absolute Gasteiger partial charge is 0.339 e. The van der Waals surface area contributed by atoms with E-state index in [0.29, 0.717) is 41.5 Å². The van der Waals surface area contributed by atoms with Crippen molar-refractivity contribution in [3.8, 4) is 11.3 Å². The van der Waals surface area contributed by atoms with Crippen molar-refractivity contribution in [3.05, 3.63) is 47.4 Å². The number of nitrogens with zero attached hydrogens (tertiary/aromatic N) is 4. The summed E-state index contributed by atoms with van der Waals surface area (Å²) in [6.45, 7) is 5.35. The van der Waals surface area contributed by atoms with E-state index in [0.717, 1.165) is 0 Å². The number of hydrogen-bond donors (Lipinski definition) is 0. The Labute approximate surface area is 159 Å². The van der Waals surface area contributed by atoms with Gasteiger partial charge in [-0.25, -0.2) is 9.37 Å². The molecule has 8 heteroatoms. The van der Waals surface area contributed by atoms with Crippen LogP contribution in [-0.2, 0) is 4.79 Å². The number of likely N-dealkylation sites (N-methyl/N-ethyl adjacent to an activating group) is 1. The summed E-state index contributed by atoms with van der Waals surface area (Å²) in [5.41, 5.74) is 1.32. The van der Waals surface area contributed by atoms with Crippen LogP contribution in [0.25, 0.3) is 16.2 Å². The van der Waals surface area contributed by atoms with Gasteiger partial charge in [0.25, 0.3) is 5.91 Å². The van der Waals surface area contributed by atoms with Crippen LogP contribution in [0.2, 0.25) is 0 Å². The summed E-state index contributed by atoms with van der Waals surface area (Å²) in [5, 5.41) is 1.74. The molecule has 0 bridgehead atoms. The highest BCUT2D eigenvalue weighted by Gasteiger charge is 2.35. The fraction of sp³-hybridized carbons (Fsp3) is 0.316. The number of benzene rings is 1. The molecule has 4 rings (SSSR count). The Morgan fingerprint density at radius 2 is 2.11 bits per heavy atom. The molecule has 3 heterocycles. The Bertz CT molecular complexity index is 1030. The zero-order chi connectivity index (χ0) is 19.1. The molecule has 3 aromatic rings. The molecule has 1 saturated heterocycles. The third kappa shape index (κ3) is 2.90. The van der Waals surface area contributed by atoms with Gasteiger partial charge >= 0.3 is 0 Å². The van der Waals surface area contributed by atoms with Crippen LogP contribution in [0.4, 0.5) is 4.39 Å².